The summed E-state index contributed by atoms with van der Waals surface area (Å²) in [5, 5.41) is 0. The molecule has 2 nitrogen and oxygen atoms in total. The van der Waals surface area contributed by atoms with Crippen LogP contribution in [-0.2, 0) is 6.42 Å². The maximum Gasteiger partial charge on any atom is 0.121 e. The van der Waals surface area contributed by atoms with Gasteiger partial charge in [0.25, 0.3) is 0 Å². The van der Waals surface area contributed by atoms with Crippen LogP contribution in [0.2, 0.25) is 0 Å². The van der Waals surface area contributed by atoms with Crippen LogP contribution in [0.25, 0.3) is 0 Å². The maximum absolute atomic E-state index is 6.05. The molecule has 1 aliphatic rings. The lowest BCUT2D eigenvalue weighted by Gasteiger charge is -2.16. The minimum atomic E-state index is 0.0642. The average molecular weight is 253 g/mol. The predicted molar refractivity (Wildman–Crippen MR) is 77.2 cm³/mol. The molecule has 0 aliphatic heterocycles. The summed E-state index contributed by atoms with van der Waals surface area (Å²) >= 11 is 0. The molecule has 19 heavy (non-hydrogen) atoms. The van der Waals surface area contributed by atoms with Crippen LogP contribution in [0, 0.1) is 0 Å². The van der Waals surface area contributed by atoms with E-state index in [0.29, 0.717) is 0 Å². The zero-order chi connectivity index (χ0) is 13.2. The quantitative estimate of drug-likeness (QED) is 0.903. The molecule has 2 aromatic carbocycles. The SMILES string of the molecule is CC(Oc1ccc2c(c1)CCC2N)c1ccccc1. The molecule has 98 valence electrons. The molecule has 1 aliphatic carbocycles. The fraction of sp³-hybridized carbons (Fsp3) is 0.294. The number of nitrogens with two attached hydrogens (primary N) is 1. The van der Waals surface area contributed by atoms with Crippen molar-refractivity contribution in [1.82, 2.24) is 0 Å². The molecule has 0 saturated heterocycles. The Bertz CT molecular complexity index is 565. The van der Waals surface area contributed by atoms with Crippen LogP contribution < -0.4 is 10.5 Å². The molecule has 0 saturated carbocycles. The Labute approximate surface area is 114 Å². The Kier molecular flexibility index (Phi) is 3.26. The van der Waals surface area contributed by atoms with E-state index < -0.39 is 0 Å². The van der Waals surface area contributed by atoms with Crippen molar-refractivity contribution in [1.29, 1.82) is 0 Å². The van der Waals surface area contributed by atoms with Gasteiger partial charge in [-0.1, -0.05) is 36.4 Å². The van der Waals surface area contributed by atoms with E-state index in [0.717, 1.165) is 18.6 Å². The van der Waals surface area contributed by atoms with Gasteiger partial charge in [-0.15, -0.1) is 0 Å². The molecular formula is C17H19NO. The summed E-state index contributed by atoms with van der Waals surface area (Å²) in [7, 11) is 0. The average Bonchev–Trinajstić information content (AvgIpc) is 2.81. The van der Waals surface area contributed by atoms with Crippen molar-refractivity contribution in [3.8, 4) is 5.75 Å². The Balaban J connectivity index is 1.77. The van der Waals surface area contributed by atoms with Gasteiger partial charge in [-0.05, 0) is 48.6 Å². The molecule has 3 rings (SSSR count). The Hall–Kier alpha value is -1.80. The van der Waals surface area contributed by atoms with Crippen molar-refractivity contribution in [2.75, 3.05) is 0 Å². The topological polar surface area (TPSA) is 35.2 Å². The second-order valence-corrected chi connectivity index (χ2v) is 5.18. The lowest BCUT2D eigenvalue weighted by Crippen LogP contribution is -2.06. The Morgan fingerprint density at radius 1 is 1.16 bits per heavy atom. The number of rotatable bonds is 3. The molecule has 0 radical (unpaired) electrons. The number of hydrogen-bond acceptors (Lipinski definition) is 2. The summed E-state index contributed by atoms with van der Waals surface area (Å²) in [5.74, 6) is 0.934. The Morgan fingerprint density at radius 2 is 1.95 bits per heavy atom. The lowest BCUT2D eigenvalue weighted by atomic mass is 10.1. The van der Waals surface area contributed by atoms with Crippen molar-refractivity contribution < 1.29 is 4.74 Å². The van der Waals surface area contributed by atoms with Gasteiger partial charge in [0.2, 0.25) is 0 Å². The summed E-state index contributed by atoms with van der Waals surface area (Å²) in [4.78, 5) is 0. The number of aryl methyl sites for hydroxylation is 1. The predicted octanol–water partition coefficient (Wildman–Crippen LogP) is 3.77. The van der Waals surface area contributed by atoms with Gasteiger partial charge >= 0.3 is 0 Å². The minimum Gasteiger partial charge on any atom is -0.486 e. The highest BCUT2D eigenvalue weighted by atomic mass is 16.5. The largest absolute Gasteiger partial charge is 0.486 e. The molecule has 0 spiro atoms. The number of hydrogen-bond donors (Lipinski definition) is 1. The van der Waals surface area contributed by atoms with Crippen LogP contribution in [0.5, 0.6) is 5.75 Å². The number of benzene rings is 2. The van der Waals surface area contributed by atoms with Gasteiger partial charge in [0.05, 0.1) is 0 Å². The number of ether oxygens (including phenoxy) is 1. The van der Waals surface area contributed by atoms with Gasteiger partial charge in [0, 0.05) is 6.04 Å². The summed E-state index contributed by atoms with van der Waals surface area (Å²) in [5.41, 5.74) is 9.86. The van der Waals surface area contributed by atoms with Crippen LogP contribution in [0.3, 0.4) is 0 Å². The fourth-order valence-corrected chi connectivity index (χ4v) is 2.70. The van der Waals surface area contributed by atoms with Gasteiger partial charge < -0.3 is 10.5 Å². The van der Waals surface area contributed by atoms with E-state index in [1.807, 2.05) is 24.3 Å². The second kappa shape index (κ2) is 5.06. The van der Waals surface area contributed by atoms with Crippen LogP contribution in [0.1, 0.15) is 42.2 Å². The third-order valence-corrected chi connectivity index (χ3v) is 3.82. The highest BCUT2D eigenvalue weighted by Gasteiger charge is 2.19. The second-order valence-electron chi connectivity index (χ2n) is 5.18. The van der Waals surface area contributed by atoms with Gasteiger partial charge in [-0.3, -0.25) is 0 Å². The molecule has 2 heteroatoms. The van der Waals surface area contributed by atoms with Crippen molar-refractivity contribution in [3.63, 3.8) is 0 Å². The van der Waals surface area contributed by atoms with Crippen molar-refractivity contribution in [2.45, 2.75) is 31.9 Å². The third kappa shape index (κ3) is 2.49. The summed E-state index contributed by atoms with van der Waals surface area (Å²) < 4.78 is 6.02. The van der Waals surface area contributed by atoms with Crippen LogP contribution >= 0.6 is 0 Å². The van der Waals surface area contributed by atoms with E-state index in [9.17, 15) is 0 Å². The summed E-state index contributed by atoms with van der Waals surface area (Å²) in [6, 6.07) is 16.8. The first kappa shape index (κ1) is 12.2. The first-order chi connectivity index (χ1) is 9.24. The zero-order valence-corrected chi connectivity index (χ0v) is 11.2. The lowest BCUT2D eigenvalue weighted by molar-refractivity contribution is 0.227. The van der Waals surface area contributed by atoms with Crippen molar-refractivity contribution in [3.05, 3.63) is 65.2 Å². The number of fused-ring (bicyclic) bond motifs is 1. The molecule has 0 fully saturated rings. The molecule has 0 aromatic heterocycles. The van der Waals surface area contributed by atoms with Crippen LogP contribution in [-0.4, -0.2) is 0 Å². The summed E-state index contributed by atoms with van der Waals surface area (Å²) in [6.07, 6.45) is 2.18. The molecule has 0 amide bonds. The van der Waals surface area contributed by atoms with E-state index in [-0.39, 0.29) is 12.1 Å². The van der Waals surface area contributed by atoms with E-state index in [1.165, 1.54) is 16.7 Å². The fourth-order valence-electron chi connectivity index (χ4n) is 2.70. The standard InChI is InChI=1S/C17H19NO/c1-12(13-5-3-2-4-6-13)19-15-8-9-16-14(11-15)7-10-17(16)18/h2-6,8-9,11-12,17H,7,10,18H2,1H3. The van der Waals surface area contributed by atoms with Gasteiger partial charge in [-0.2, -0.15) is 0 Å². The van der Waals surface area contributed by atoms with Gasteiger partial charge in [0.15, 0.2) is 0 Å². The third-order valence-electron chi connectivity index (χ3n) is 3.82. The molecule has 2 aromatic rings. The first-order valence-corrected chi connectivity index (χ1v) is 6.84. The minimum absolute atomic E-state index is 0.0642. The highest BCUT2D eigenvalue weighted by Crippen LogP contribution is 2.33. The van der Waals surface area contributed by atoms with Gasteiger partial charge in [-0.25, -0.2) is 0 Å². The Morgan fingerprint density at radius 3 is 2.74 bits per heavy atom. The van der Waals surface area contributed by atoms with Crippen LogP contribution in [0.15, 0.2) is 48.5 Å². The van der Waals surface area contributed by atoms with E-state index in [1.54, 1.807) is 0 Å². The molecule has 2 unspecified atom stereocenters. The molecule has 0 bridgehead atoms. The summed E-state index contributed by atoms with van der Waals surface area (Å²) in [6.45, 7) is 2.08. The maximum atomic E-state index is 6.05. The first-order valence-electron chi connectivity index (χ1n) is 6.84. The van der Waals surface area contributed by atoms with E-state index >= 15 is 0 Å². The molecule has 0 heterocycles. The van der Waals surface area contributed by atoms with Gasteiger partial charge in [0.1, 0.15) is 11.9 Å². The molecular weight excluding hydrogens is 234 g/mol. The highest BCUT2D eigenvalue weighted by molar-refractivity contribution is 5.40. The van der Waals surface area contributed by atoms with Crippen LogP contribution in [0.4, 0.5) is 0 Å². The van der Waals surface area contributed by atoms with Crippen molar-refractivity contribution >= 4 is 0 Å². The normalized spacial score (nSPS) is 18.9. The van der Waals surface area contributed by atoms with E-state index in [2.05, 4.69) is 31.2 Å². The smallest absolute Gasteiger partial charge is 0.121 e. The molecule has 2 N–H and O–H groups in total. The zero-order valence-electron chi connectivity index (χ0n) is 11.2. The van der Waals surface area contributed by atoms with Crippen molar-refractivity contribution in [2.24, 2.45) is 5.73 Å². The monoisotopic (exact) mass is 253 g/mol. The van der Waals surface area contributed by atoms with E-state index in [4.69, 9.17) is 10.5 Å². The molecule has 2 atom stereocenters.